The molecule has 0 saturated carbocycles. The van der Waals surface area contributed by atoms with E-state index in [1.54, 1.807) is 6.08 Å². The maximum atomic E-state index is 4.19. The third-order valence-corrected chi connectivity index (χ3v) is 3.34. The maximum absolute atomic E-state index is 4.19. The standard InChI is InChI=1S/C21H26BN/c1-5-11-21(16-17-22)23-19(3)14-8-6-7-12-18(2)13-9-10-15-20(23)4/h5-11,13-18H,1,3-4,12,22H2,2H3/b7-6-,13-9-,14-8-,15-10-,17-16-,21-11+. The predicted molar refractivity (Wildman–Crippen MR) is 106 cm³/mol. The van der Waals surface area contributed by atoms with E-state index in [9.17, 15) is 0 Å². The molecule has 0 N–H and O–H groups in total. The van der Waals surface area contributed by atoms with E-state index in [1.807, 2.05) is 55.2 Å². The van der Waals surface area contributed by atoms with E-state index < -0.39 is 0 Å². The Morgan fingerprint density at radius 3 is 2.43 bits per heavy atom. The largest absolute Gasteiger partial charge is 0.312 e. The highest BCUT2D eigenvalue weighted by atomic mass is 15.1. The fourth-order valence-corrected chi connectivity index (χ4v) is 2.20. The van der Waals surface area contributed by atoms with E-state index >= 15 is 0 Å². The Hall–Kier alpha value is -2.48. The van der Waals surface area contributed by atoms with Gasteiger partial charge in [0.15, 0.2) is 0 Å². The van der Waals surface area contributed by atoms with Gasteiger partial charge in [0.1, 0.15) is 7.85 Å². The van der Waals surface area contributed by atoms with Crippen molar-refractivity contribution in [1.29, 1.82) is 0 Å². The van der Waals surface area contributed by atoms with Crippen molar-refractivity contribution in [1.82, 2.24) is 4.90 Å². The second-order valence-electron chi connectivity index (χ2n) is 5.39. The molecule has 0 aromatic carbocycles. The Morgan fingerprint density at radius 2 is 1.83 bits per heavy atom. The first-order valence-electron chi connectivity index (χ1n) is 7.91. The van der Waals surface area contributed by atoms with Crippen molar-refractivity contribution >= 4 is 7.85 Å². The summed E-state index contributed by atoms with van der Waals surface area (Å²) < 4.78 is 0. The average molecular weight is 303 g/mol. The van der Waals surface area contributed by atoms with Crippen LogP contribution in [0.15, 0.2) is 110 Å². The molecular weight excluding hydrogens is 277 g/mol. The topological polar surface area (TPSA) is 3.24 Å². The van der Waals surface area contributed by atoms with E-state index in [-0.39, 0.29) is 0 Å². The average Bonchev–Trinajstić information content (AvgIpc) is 2.52. The fraction of sp³-hybridized carbons (Fsp3) is 0.143. The maximum Gasteiger partial charge on any atom is 0.129 e. The lowest BCUT2D eigenvalue weighted by atomic mass is 10.1. The minimum absolute atomic E-state index is 0.511. The molecule has 0 aromatic heterocycles. The molecule has 1 atom stereocenters. The van der Waals surface area contributed by atoms with Crippen LogP contribution < -0.4 is 0 Å². The summed E-state index contributed by atoms with van der Waals surface area (Å²) in [5.74, 6) is 2.50. The third-order valence-electron chi connectivity index (χ3n) is 3.34. The summed E-state index contributed by atoms with van der Waals surface area (Å²) in [5, 5.41) is 0. The summed E-state index contributed by atoms with van der Waals surface area (Å²) in [5.41, 5.74) is 2.68. The lowest BCUT2D eigenvalue weighted by molar-refractivity contribution is 0.583. The van der Waals surface area contributed by atoms with Crippen LogP contribution in [0.5, 0.6) is 0 Å². The van der Waals surface area contributed by atoms with Crippen molar-refractivity contribution in [2.45, 2.75) is 13.3 Å². The second-order valence-corrected chi connectivity index (χ2v) is 5.39. The van der Waals surface area contributed by atoms with Crippen LogP contribution in [0, 0.1) is 5.92 Å². The molecule has 0 aliphatic carbocycles. The summed E-state index contributed by atoms with van der Waals surface area (Å²) in [7, 11) is 1.99. The van der Waals surface area contributed by atoms with Gasteiger partial charge in [0, 0.05) is 17.1 Å². The van der Waals surface area contributed by atoms with Gasteiger partial charge in [-0.3, -0.25) is 0 Å². The molecular formula is C21H26BN. The van der Waals surface area contributed by atoms with E-state index in [0.29, 0.717) is 5.92 Å². The van der Waals surface area contributed by atoms with Gasteiger partial charge in [-0.15, -0.1) is 5.98 Å². The SMILES string of the molecule is B/C=C\C(=C/C=C)N1C(=C)/C=C\C=C/CC(C)/C=C\C=C/C1=C. The highest BCUT2D eigenvalue weighted by molar-refractivity contribution is 6.17. The number of nitrogens with zero attached hydrogens (tertiary/aromatic N) is 1. The Labute approximate surface area is 142 Å². The first-order valence-corrected chi connectivity index (χ1v) is 7.91. The van der Waals surface area contributed by atoms with Crippen molar-refractivity contribution in [3.63, 3.8) is 0 Å². The molecule has 1 aliphatic rings. The van der Waals surface area contributed by atoms with Crippen molar-refractivity contribution in [2.75, 3.05) is 0 Å². The second kappa shape index (κ2) is 10.3. The van der Waals surface area contributed by atoms with Gasteiger partial charge in [-0.25, -0.2) is 0 Å². The number of hydrogen-bond acceptors (Lipinski definition) is 1. The normalized spacial score (nSPS) is 26.0. The highest BCUT2D eigenvalue weighted by Gasteiger charge is 2.10. The zero-order chi connectivity index (χ0) is 17.1. The highest BCUT2D eigenvalue weighted by Crippen LogP contribution is 2.22. The summed E-state index contributed by atoms with van der Waals surface area (Å²) >= 11 is 0. The Bertz CT molecular complexity index is 612. The molecule has 2 heteroatoms. The molecule has 0 spiro atoms. The van der Waals surface area contributed by atoms with Gasteiger partial charge in [0.05, 0.1) is 0 Å². The van der Waals surface area contributed by atoms with E-state index in [0.717, 1.165) is 23.5 Å². The summed E-state index contributed by atoms with van der Waals surface area (Å²) in [6, 6.07) is 0. The molecule has 23 heavy (non-hydrogen) atoms. The van der Waals surface area contributed by atoms with Crippen LogP contribution >= 0.6 is 0 Å². The van der Waals surface area contributed by atoms with Gasteiger partial charge >= 0.3 is 0 Å². The van der Waals surface area contributed by atoms with Gasteiger partial charge in [-0.2, -0.15) is 0 Å². The van der Waals surface area contributed by atoms with Crippen LogP contribution in [0.4, 0.5) is 0 Å². The van der Waals surface area contributed by atoms with Crippen LogP contribution in [-0.4, -0.2) is 12.7 Å². The molecule has 1 nitrogen and oxygen atoms in total. The molecule has 1 aliphatic heterocycles. The molecule has 0 saturated heterocycles. The molecule has 0 fully saturated rings. The van der Waals surface area contributed by atoms with Crippen molar-refractivity contribution in [3.8, 4) is 0 Å². The number of rotatable bonds is 3. The van der Waals surface area contributed by atoms with Gasteiger partial charge in [0.2, 0.25) is 0 Å². The van der Waals surface area contributed by atoms with Crippen LogP contribution in [0.1, 0.15) is 13.3 Å². The molecule has 0 aromatic rings. The van der Waals surface area contributed by atoms with Crippen molar-refractivity contribution < 1.29 is 0 Å². The van der Waals surface area contributed by atoms with Crippen LogP contribution in [0.3, 0.4) is 0 Å². The van der Waals surface area contributed by atoms with Gasteiger partial charge in [-0.05, 0) is 30.6 Å². The van der Waals surface area contributed by atoms with E-state index in [2.05, 4.69) is 51.0 Å². The zero-order valence-corrected chi connectivity index (χ0v) is 14.3. The zero-order valence-electron chi connectivity index (χ0n) is 14.3. The molecule has 1 heterocycles. The van der Waals surface area contributed by atoms with Crippen LogP contribution in [0.2, 0.25) is 0 Å². The summed E-state index contributed by atoms with van der Waals surface area (Å²) in [4.78, 5) is 2.01. The van der Waals surface area contributed by atoms with E-state index in [1.165, 1.54) is 0 Å². The minimum Gasteiger partial charge on any atom is -0.312 e. The Kier molecular flexibility index (Phi) is 8.31. The molecule has 0 radical (unpaired) electrons. The number of hydrogen-bond donors (Lipinski definition) is 0. The number of allylic oxidation sites excluding steroid dienone is 11. The van der Waals surface area contributed by atoms with Gasteiger partial charge in [-0.1, -0.05) is 75.3 Å². The smallest absolute Gasteiger partial charge is 0.129 e. The first-order chi connectivity index (χ1) is 11.1. The molecule has 118 valence electrons. The van der Waals surface area contributed by atoms with Crippen molar-refractivity contribution in [2.24, 2.45) is 5.92 Å². The van der Waals surface area contributed by atoms with Crippen LogP contribution in [0.25, 0.3) is 0 Å². The lowest BCUT2D eigenvalue weighted by Gasteiger charge is -2.26. The van der Waals surface area contributed by atoms with Gasteiger partial charge < -0.3 is 4.90 Å². The first kappa shape index (κ1) is 18.6. The minimum atomic E-state index is 0.511. The van der Waals surface area contributed by atoms with Gasteiger partial charge in [0.25, 0.3) is 0 Å². The Balaban J connectivity index is 3.26. The molecule has 0 bridgehead atoms. The quantitative estimate of drug-likeness (QED) is 0.535. The fourth-order valence-electron chi connectivity index (χ4n) is 2.20. The van der Waals surface area contributed by atoms with Crippen molar-refractivity contribution in [3.05, 3.63) is 110 Å². The lowest BCUT2D eigenvalue weighted by Crippen LogP contribution is -2.18. The molecule has 0 amide bonds. The summed E-state index contributed by atoms with van der Waals surface area (Å²) in [6.45, 7) is 14.4. The van der Waals surface area contributed by atoms with Crippen LogP contribution in [-0.2, 0) is 0 Å². The summed E-state index contributed by atoms with van der Waals surface area (Å²) in [6.07, 6.45) is 23.3. The predicted octanol–water partition coefficient (Wildman–Crippen LogP) is 4.80. The van der Waals surface area contributed by atoms with E-state index in [4.69, 9.17) is 0 Å². The molecule has 1 unspecified atom stereocenters. The monoisotopic (exact) mass is 303 g/mol. The Morgan fingerprint density at radius 1 is 1.17 bits per heavy atom. The molecule has 1 rings (SSSR count). The third kappa shape index (κ3) is 6.44.